The zero-order chi connectivity index (χ0) is 22.7. The second-order valence-electron chi connectivity index (χ2n) is 9.83. The zero-order valence-electron chi connectivity index (χ0n) is 18.9. The van der Waals surface area contributed by atoms with E-state index in [0.717, 1.165) is 35.2 Å². The molecule has 0 N–H and O–H groups in total. The number of fused-ring (bicyclic) bond motifs is 15. The van der Waals surface area contributed by atoms with Gasteiger partial charge in [-0.05, 0) is 93.1 Å². The van der Waals surface area contributed by atoms with Gasteiger partial charge in [-0.15, -0.1) is 0 Å². The highest BCUT2D eigenvalue weighted by Crippen LogP contribution is 2.48. The summed E-state index contributed by atoms with van der Waals surface area (Å²) in [6.45, 7) is 0. The summed E-state index contributed by atoms with van der Waals surface area (Å²) in [5, 5.41) is 3.63. The second-order valence-corrected chi connectivity index (χ2v) is 9.83. The van der Waals surface area contributed by atoms with Crippen molar-refractivity contribution in [3.05, 3.63) is 113 Å². The maximum Gasteiger partial charge on any atom is 0.148 e. The fourth-order valence-electron chi connectivity index (χ4n) is 6.57. The van der Waals surface area contributed by atoms with Crippen molar-refractivity contribution in [2.45, 2.75) is 12.8 Å². The van der Waals surface area contributed by atoms with Gasteiger partial charge in [0.05, 0.1) is 11.0 Å². The minimum absolute atomic E-state index is 0.963. The molecule has 2 aliphatic rings. The van der Waals surface area contributed by atoms with Gasteiger partial charge in [-0.2, -0.15) is 0 Å². The summed E-state index contributed by atoms with van der Waals surface area (Å²) in [5.74, 6) is 0. The molecule has 3 nitrogen and oxygen atoms in total. The average Bonchev–Trinajstić information content (AvgIpc) is 3.58. The van der Waals surface area contributed by atoms with E-state index in [1.807, 2.05) is 12.3 Å². The molecule has 7 aromatic rings. The molecule has 3 heterocycles. The van der Waals surface area contributed by atoms with Gasteiger partial charge in [0, 0.05) is 17.0 Å². The summed E-state index contributed by atoms with van der Waals surface area (Å²) in [5.41, 5.74) is 15.2. The first-order valence-corrected chi connectivity index (χ1v) is 12.2. The van der Waals surface area contributed by atoms with Gasteiger partial charge in [0.1, 0.15) is 11.3 Å². The molecule has 3 heteroatoms. The third-order valence-corrected chi connectivity index (χ3v) is 8.03. The van der Waals surface area contributed by atoms with Gasteiger partial charge in [0.2, 0.25) is 0 Å². The number of hydrogen-bond acceptors (Lipinski definition) is 2. The Morgan fingerprint density at radius 1 is 0.600 bits per heavy atom. The number of pyridine rings is 2. The van der Waals surface area contributed by atoms with Crippen molar-refractivity contribution in [1.29, 1.82) is 0 Å². The van der Waals surface area contributed by atoms with Crippen molar-refractivity contribution in [3.63, 3.8) is 0 Å². The fourth-order valence-corrected chi connectivity index (χ4v) is 6.57. The summed E-state index contributed by atoms with van der Waals surface area (Å²) in [6.07, 6.45) is 3.88. The molecule has 0 atom stereocenters. The highest BCUT2D eigenvalue weighted by molar-refractivity contribution is 6.19. The predicted octanol–water partition coefficient (Wildman–Crippen LogP) is 7.33. The molecule has 0 saturated carbocycles. The van der Waals surface area contributed by atoms with E-state index in [0.29, 0.717) is 0 Å². The molecule has 35 heavy (non-hydrogen) atoms. The van der Waals surface area contributed by atoms with Gasteiger partial charge >= 0.3 is 0 Å². The molecule has 0 bridgehead atoms. The van der Waals surface area contributed by atoms with Crippen LogP contribution in [0.4, 0.5) is 0 Å². The molecule has 0 amide bonds. The third-order valence-electron chi connectivity index (χ3n) is 8.03. The van der Waals surface area contributed by atoms with Crippen molar-refractivity contribution in [1.82, 2.24) is 14.4 Å². The SMILES string of the molecule is c1ccc2c(c1)Cc1cc3c(cc1-2)-c1c(ccc2c4cccnc4n4c5ccccc5nc4c12)C3. The maximum atomic E-state index is 5.18. The van der Waals surface area contributed by atoms with E-state index in [1.165, 1.54) is 60.7 Å². The normalized spacial score (nSPS) is 13.5. The van der Waals surface area contributed by atoms with E-state index in [4.69, 9.17) is 9.97 Å². The fraction of sp³-hybridized carbons (Fsp3) is 0.0625. The van der Waals surface area contributed by atoms with Crippen LogP contribution in [0.1, 0.15) is 22.3 Å². The Bertz CT molecular complexity index is 2060. The van der Waals surface area contributed by atoms with Crippen LogP contribution in [0, 0.1) is 0 Å². The lowest BCUT2D eigenvalue weighted by Crippen LogP contribution is -1.95. The van der Waals surface area contributed by atoms with Crippen molar-refractivity contribution >= 4 is 38.5 Å². The van der Waals surface area contributed by atoms with Crippen LogP contribution in [0.5, 0.6) is 0 Å². The molecule has 0 unspecified atom stereocenters. The Morgan fingerprint density at radius 3 is 2.46 bits per heavy atom. The number of hydrogen-bond donors (Lipinski definition) is 0. The van der Waals surface area contributed by atoms with Gasteiger partial charge in [0.25, 0.3) is 0 Å². The summed E-state index contributed by atoms with van der Waals surface area (Å²) in [4.78, 5) is 9.99. The van der Waals surface area contributed by atoms with Crippen molar-refractivity contribution in [2.24, 2.45) is 0 Å². The number of nitrogens with zero attached hydrogens (tertiary/aromatic N) is 3. The molecular formula is C32H19N3. The lowest BCUT2D eigenvalue weighted by atomic mass is 9.94. The minimum atomic E-state index is 0.963. The molecule has 9 rings (SSSR count). The molecule has 0 fully saturated rings. The summed E-state index contributed by atoms with van der Waals surface area (Å²) in [7, 11) is 0. The monoisotopic (exact) mass is 445 g/mol. The van der Waals surface area contributed by atoms with Crippen LogP contribution >= 0.6 is 0 Å². The Labute approximate surface area is 201 Å². The van der Waals surface area contributed by atoms with Gasteiger partial charge in [-0.1, -0.05) is 54.6 Å². The number of benzene rings is 4. The topological polar surface area (TPSA) is 30.2 Å². The predicted molar refractivity (Wildman–Crippen MR) is 142 cm³/mol. The number of para-hydroxylation sites is 2. The average molecular weight is 446 g/mol. The van der Waals surface area contributed by atoms with E-state index in [-0.39, 0.29) is 0 Å². The quantitative estimate of drug-likeness (QED) is 0.229. The first-order valence-electron chi connectivity index (χ1n) is 12.2. The summed E-state index contributed by atoms with van der Waals surface area (Å²) >= 11 is 0. The maximum absolute atomic E-state index is 5.18. The first-order chi connectivity index (χ1) is 17.3. The van der Waals surface area contributed by atoms with Crippen molar-refractivity contribution < 1.29 is 0 Å². The number of aromatic nitrogens is 3. The van der Waals surface area contributed by atoms with E-state index < -0.39 is 0 Å². The minimum Gasteiger partial charge on any atom is -0.276 e. The Balaban J connectivity index is 1.48. The van der Waals surface area contributed by atoms with Gasteiger partial charge < -0.3 is 0 Å². The Morgan fingerprint density at radius 2 is 1.46 bits per heavy atom. The summed E-state index contributed by atoms with van der Waals surface area (Å²) < 4.78 is 2.26. The second kappa shape index (κ2) is 6.13. The number of rotatable bonds is 0. The Hall–Kier alpha value is -4.50. The van der Waals surface area contributed by atoms with Crippen molar-refractivity contribution in [3.8, 4) is 22.3 Å². The molecule has 2 aliphatic carbocycles. The van der Waals surface area contributed by atoms with Gasteiger partial charge in [-0.3, -0.25) is 4.40 Å². The third kappa shape index (κ3) is 2.17. The Kier molecular flexibility index (Phi) is 3.14. The van der Waals surface area contributed by atoms with Crippen LogP contribution in [0.2, 0.25) is 0 Å². The number of imidazole rings is 1. The lowest BCUT2D eigenvalue weighted by molar-refractivity contribution is 1.21. The molecular weight excluding hydrogens is 426 g/mol. The highest BCUT2D eigenvalue weighted by Gasteiger charge is 2.28. The molecule has 4 aromatic carbocycles. The van der Waals surface area contributed by atoms with Crippen LogP contribution in [0.25, 0.3) is 60.7 Å². The largest absolute Gasteiger partial charge is 0.276 e. The molecule has 3 aromatic heterocycles. The standard InChI is InChI=1S/C32H19N3/c1-2-7-22-18(6-1)14-20-16-21-15-19-11-12-23-24-8-5-13-33-31(24)35-28-10-4-3-9-27(28)34-32(35)30(23)29(19)26(21)17-25(20)22/h1-13,16-17H,14-15H2. The molecule has 162 valence electrons. The van der Waals surface area contributed by atoms with Crippen LogP contribution in [-0.4, -0.2) is 14.4 Å². The molecule has 0 aliphatic heterocycles. The highest BCUT2D eigenvalue weighted by atomic mass is 15.1. The lowest BCUT2D eigenvalue weighted by Gasteiger charge is -2.13. The smallest absolute Gasteiger partial charge is 0.148 e. The first kappa shape index (κ1) is 17.9. The van der Waals surface area contributed by atoms with Crippen LogP contribution in [0.15, 0.2) is 91.1 Å². The molecule has 0 saturated heterocycles. The summed E-state index contributed by atoms with van der Waals surface area (Å²) in [6, 6.07) is 31.0. The van der Waals surface area contributed by atoms with Gasteiger partial charge in [-0.25, -0.2) is 9.97 Å². The van der Waals surface area contributed by atoms with Crippen LogP contribution < -0.4 is 0 Å². The zero-order valence-corrected chi connectivity index (χ0v) is 18.9. The van der Waals surface area contributed by atoms with E-state index in [2.05, 4.69) is 83.3 Å². The van der Waals surface area contributed by atoms with E-state index >= 15 is 0 Å². The van der Waals surface area contributed by atoms with Crippen LogP contribution in [-0.2, 0) is 12.8 Å². The van der Waals surface area contributed by atoms with E-state index in [1.54, 1.807) is 0 Å². The van der Waals surface area contributed by atoms with Crippen LogP contribution in [0.3, 0.4) is 0 Å². The molecule has 0 spiro atoms. The van der Waals surface area contributed by atoms with E-state index in [9.17, 15) is 0 Å². The molecule has 0 radical (unpaired) electrons. The van der Waals surface area contributed by atoms with Gasteiger partial charge in [0.15, 0.2) is 0 Å². The van der Waals surface area contributed by atoms with Crippen molar-refractivity contribution in [2.75, 3.05) is 0 Å².